The number of H-pyrrole nitrogens is 1. The van der Waals surface area contributed by atoms with Gasteiger partial charge < -0.3 is 9.41 Å². The first-order valence-electron chi connectivity index (χ1n) is 9.62. The van der Waals surface area contributed by atoms with Crippen LogP contribution in [0.15, 0.2) is 35.8 Å². The van der Waals surface area contributed by atoms with Gasteiger partial charge in [-0.2, -0.15) is 0 Å². The highest BCUT2D eigenvalue weighted by Crippen LogP contribution is 2.35. The molecule has 4 nitrogen and oxygen atoms in total. The lowest BCUT2D eigenvalue weighted by atomic mass is 10.1. The Morgan fingerprint density at radius 2 is 1.85 bits per heavy atom. The number of nitrogens with zero attached hydrogens (tertiary/aromatic N) is 1. The molecule has 0 saturated carbocycles. The van der Waals surface area contributed by atoms with E-state index in [2.05, 4.69) is 44.6 Å². The first kappa shape index (κ1) is 20.0. The van der Waals surface area contributed by atoms with Crippen molar-refractivity contribution in [3.05, 3.63) is 52.1 Å². The minimum atomic E-state index is -1.77. The van der Waals surface area contributed by atoms with Gasteiger partial charge in [-0.3, -0.25) is 4.79 Å². The van der Waals surface area contributed by atoms with Gasteiger partial charge in [0.15, 0.2) is 13.3 Å². The molecule has 2 aromatic heterocycles. The second-order valence-electron chi connectivity index (χ2n) is 7.47. The molecule has 0 saturated heterocycles. The van der Waals surface area contributed by atoms with E-state index >= 15 is 0 Å². The van der Waals surface area contributed by atoms with Crippen molar-refractivity contribution in [2.45, 2.75) is 58.4 Å². The number of thiazole rings is 1. The molecule has 0 unspecified atom stereocenters. The first-order valence-corrected chi connectivity index (χ1v) is 13.0. The standard InChI is InChI=1S/C21H28N2O2SSi/c1-6-27(7-2,8-3)25-21(4,5)18-14-26-20(23-18)19(24)16-13-22-17-12-10-9-11-15(16)17/h9-14,22H,6-8H2,1-5H3. The van der Waals surface area contributed by atoms with Crippen LogP contribution < -0.4 is 0 Å². The number of para-hydroxylation sites is 1. The molecule has 0 aliphatic rings. The molecule has 3 rings (SSSR count). The van der Waals surface area contributed by atoms with Crippen molar-refractivity contribution in [2.75, 3.05) is 0 Å². The predicted octanol–water partition coefficient (Wildman–Crippen LogP) is 6.11. The molecule has 144 valence electrons. The Morgan fingerprint density at radius 3 is 2.52 bits per heavy atom. The molecule has 27 heavy (non-hydrogen) atoms. The van der Waals surface area contributed by atoms with Crippen molar-refractivity contribution < 1.29 is 9.22 Å². The minimum absolute atomic E-state index is 0.0375. The molecule has 0 aliphatic carbocycles. The summed E-state index contributed by atoms with van der Waals surface area (Å²) >= 11 is 1.40. The lowest BCUT2D eigenvalue weighted by molar-refractivity contribution is 0.0896. The first-order chi connectivity index (χ1) is 12.9. The fraction of sp³-hybridized carbons (Fsp3) is 0.429. The number of benzene rings is 1. The monoisotopic (exact) mass is 400 g/mol. The summed E-state index contributed by atoms with van der Waals surface area (Å²) in [4.78, 5) is 20.9. The zero-order chi connectivity index (χ0) is 19.7. The van der Waals surface area contributed by atoms with Gasteiger partial charge in [0.05, 0.1) is 16.9 Å². The van der Waals surface area contributed by atoms with Crippen LogP contribution in [0.3, 0.4) is 0 Å². The van der Waals surface area contributed by atoms with Crippen LogP contribution >= 0.6 is 11.3 Å². The van der Waals surface area contributed by atoms with Gasteiger partial charge in [-0.1, -0.05) is 39.0 Å². The number of carbonyl (C=O) groups is 1. The number of rotatable bonds is 8. The third-order valence-corrected chi connectivity index (χ3v) is 11.2. The Kier molecular flexibility index (Phi) is 5.70. The lowest BCUT2D eigenvalue weighted by Gasteiger charge is -2.37. The summed E-state index contributed by atoms with van der Waals surface area (Å²) in [6, 6.07) is 11.1. The average molecular weight is 401 g/mol. The molecule has 0 radical (unpaired) electrons. The normalized spacial score (nSPS) is 12.6. The smallest absolute Gasteiger partial charge is 0.223 e. The highest BCUT2D eigenvalue weighted by Gasteiger charge is 2.38. The Morgan fingerprint density at radius 1 is 1.19 bits per heavy atom. The van der Waals surface area contributed by atoms with E-state index < -0.39 is 13.9 Å². The van der Waals surface area contributed by atoms with Crippen LogP contribution in [0.1, 0.15) is 55.7 Å². The van der Waals surface area contributed by atoms with E-state index in [-0.39, 0.29) is 5.78 Å². The van der Waals surface area contributed by atoms with E-state index in [1.54, 1.807) is 6.20 Å². The third kappa shape index (κ3) is 3.79. The molecule has 0 bridgehead atoms. The average Bonchev–Trinajstić information content (AvgIpc) is 3.33. The molecule has 6 heteroatoms. The van der Waals surface area contributed by atoms with Crippen molar-refractivity contribution in [3.63, 3.8) is 0 Å². The number of carbonyl (C=O) groups excluding carboxylic acids is 1. The minimum Gasteiger partial charge on any atom is -0.406 e. The molecule has 1 aromatic carbocycles. The van der Waals surface area contributed by atoms with Crippen molar-refractivity contribution in [2.24, 2.45) is 0 Å². The van der Waals surface area contributed by atoms with Gasteiger partial charge >= 0.3 is 0 Å². The summed E-state index contributed by atoms with van der Waals surface area (Å²) in [7, 11) is -1.77. The van der Waals surface area contributed by atoms with Crippen LogP contribution in [0.5, 0.6) is 0 Å². The van der Waals surface area contributed by atoms with Gasteiger partial charge in [0.2, 0.25) is 5.78 Å². The molecular formula is C21H28N2O2SSi. The molecular weight excluding hydrogens is 372 g/mol. The predicted molar refractivity (Wildman–Crippen MR) is 115 cm³/mol. The Hall–Kier alpha value is -1.76. The number of fused-ring (bicyclic) bond motifs is 1. The molecule has 2 heterocycles. The van der Waals surface area contributed by atoms with Gasteiger partial charge in [-0.15, -0.1) is 11.3 Å². The fourth-order valence-corrected chi connectivity index (χ4v) is 7.64. The second kappa shape index (κ2) is 7.70. The van der Waals surface area contributed by atoms with Gasteiger partial charge in [-0.05, 0) is 38.0 Å². The summed E-state index contributed by atoms with van der Waals surface area (Å²) in [5.74, 6) is -0.0375. The molecule has 0 aliphatic heterocycles. The SMILES string of the molecule is CC[Si](CC)(CC)OC(C)(C)c1csc(C(=O)c2c[nH]c3ccccc23)n1. The highest BCUT2D eigenvalue weighted by molar-refractivity contribution is 7.12. The van der Waals surface area contributed by atoms with Crippen LogP contribution in [0.2, 0.25) is 18.1 Å². The molecule has 0 fully saturated rings. The lowest BCUT2D eigenvalue weighted by Crippen LogP contribution is -2.43. The van der Waals surface area contributed by atoms with Crippen molar-refractivity contribution >= 4 is 36.3 Å². The molecule has 1 N–H and O–H groups in total. The quantitative estimate of drug-likeness (QED) is 0.366. The van der Waals surface area contributed by atoms with Crippen LogP contribution in [0.25, 0.3) is 10.9 Å². The number of ketones is 1. The van der Waals surface area contributed by atoms with Gasteiger partial charge in [0.1, 0.15) is 0 Å². The van der Waals surface area contributed by atoms with E-state index in [0.29, 0.717) is 10.6 Å². The Bertz CT molecular complexity index is 932. The van der Waals surface area contributed by atoms with Crippen LogP contribution in [0, 0.1) is 0 Å². The topological polar surface area (TPSA) is 55.0 Å². The van der Waals surface area contributed by atoms with E-state index in [9.17, 15) is 4.79 Å². The van der Waals surface area contributed by atoms with E-state index in [4.69, 9.17) is 4.43 Å². The molecule has 3 aromatic rings. The van der Waals surface area contributed by atoms with Crippen molar-refractivity contribution in [1.29, 1.82) is 0 Å². The van der Waals surface area contributed by atoms with Gasteiger partial charge in [-0.25, -0.2) is 4.98 Å². The van der Waals surface area contributed by atoms with Crippen LogP contribution in [0.4, 0.5) is 0 Å². The van der Waals surface area contributed by atoms with Gasteiger partial charge in [0, 0.05) is 22.5 Å². The van der Waals surface area contributed by atoms with E-state index in [0.717, 1.165) is 34.7 Å². The summed E-state index contributed by atoms with van der Waals surface area (Å²) in [5, 5.41) is 3.43. The Labute approximate surface area is 166 Å². The fourth-order valence-electron chi connectivity index (χ4n) is 3.59. The van der Waals surface area contributed by atoms with E-state index in [1.807, 2.05) is 29.6 Å². The molecule has 0 atom stereocenters. The summed E-state index contributed by atoms with van der Waals surface area (Å²) in [6.45, 7) is 10.8. The highest BCUT2D eigenvalue weighted by atomic mass is 32.1. The molecule has 0 amide bonds. The summed E-state index contributed by atoms with van der Waals surface area (Å²) < 4.78 is 6.68. The van der Waals surface area contributed by atoms with E-state index in [1.165, 1.54) is 11.3 Å². The zero-order valence-electron chi connectivity index (χ0n) is 16.8. The van der Waals surface area contributed by atoms with Crippen molar-refractivity contribution in [3.8, 4) is 0 Å². The number of aromatic nitrogens is 2. The number of hydrogen-bond donors (Lipinski definition) is 1. The van der Waals surface area contributed by atoms with Crippen molar-refractivity contribution in [1.82, 2.24) is 9.97 Å². The van der Waals surface area contributed by atoms with Crippen LogP contribution in [-0.2, 0) is 10.0 Å². The Balaban J connectivity index is 1.88. The third-order valence-electron chi connectivity index (χ3n) is 5.55. The maximum absolute atomic E-state index is 13.0. The maximum Gasteiger partial charge on any atom is 0.223 e. The maximum atomic E-state index is 13.0. The second-order valence-corrected chi connectivity index (χ2v) is 13.0. The summed E-state index contributed by atoms with van der Waals surface area (Å²) in [6.07, 6.45) is 1.78. The number of nitrogens with one attached hydrogen (secondary N) is 1. The number of hydrogen-bond acceptors (Lipinski definition) is 4. The number of aromatic amines is 1. The molecule has 0 spiro atoms. The van der Waals surface area contributed by atoms with Gasteiger partial charge in [0.25, 0.3) is 0 Å². The largest absolute Gasteiger partial charge is 0.406 e. The zero-order valence-corrected chi connectivity index (χ0v) is 18.6. The summed E-state index contributed by atoms with van der Waals surface area (Å²) in [5.41, 5.74) is 2.00. The van der Waals surface area contributed by atoms with Crippen LogP contribution in [-0.4, -0.2) is 24.1 Å².